The molecule has 4 rings (SSSR count). The van der Waals surface area contributed by atoms with Gasteiger partial charge in [-0.15, -0.1) is 0 Å². The van der Waals surface area contributed by atoms with Crippen LogP contribution in [0.2, 0.25) is 0 Å². The first-order chi connectivity index (χ1) is 15.5. The van der Waals surface area contributed by atoms with Gasteiger partial charge in [-0.3, -0.25) is 9.48 Å². The van der Waals surface area contributed by atoms with Gasteiger partial charge in [-0.2, -0.15) is 5.10 Å². The number of carbonyl (C=O) groups excluding carboxylic acids is 1. The zero-order valence-corrected chi connectivity index (χ0v) is 18.3. The third-order valence-corrected chi connectivity index (χ3v) is 5.78. The zero-order valence-electron chi connectivity index (χ0n) is 18.3. The van der Waals surface area contributed by atoms with Gasteiger partial charge in [-0.05, 0) is 35.2 Å². The van der Waals surface area contributed by atoms with E-state index in [1.807, 2.05) is 43.7 Å². The highest BCUT2D eigenvalue weighted by molar-refractivity contribution is 5.76. The fraction of sp³-hybridized carbons (Fsp3) is 0.250. The minimum atomic E-state index is -0.277. The van der Waals surface area contributed by atoms with Crippen molar-refractivity contribution in [2.75, 3.05) is 19.0 Å². The highest BCUT2D eigenvalue weighted by Gasteiger charge is 2.26. The van der Waals surface area contributed by atoms with Crippen molar-refractivity contribution in [3.05, 3.63) is 77.7 Å². The minimum absolute atomic E-state index is 0.0380. The van der Waals surface area contributed by atoms with Crippen LogP contribution in [0.3, 0.4) is 0 Å². The molecule has 2 aromatic carbocycles. The molecule has 32 heavy (non-hydrogen) atoms. The summed E-state index contributed by atoms with van der Waals surface area (Å²) in [6, 6.07) is 14.0. The molecular weight excluding hydrogens is 404 g/mol. The highest BCUT2D eigenvalue weighted by Crippen LogP contribution is 2.37. The number of hydrogen-bond donors (Lipinski definition) is 3. The molecule has 0 spiro atoms. The summed E-state index contributed by atoms with van der Waals surface area (Å²) in [5, 5.41) is 9.63. The Kier molecular flexibility index (Phi) is 6.13. The number of nitrogens with two attached hydrogens (primary N) is 2. The van der Waals surface area contributed by atoms with Crippen molar-refractivity contribution < 1.29 is 9.53 Å². The third kappa shape index (κ3) is 4.31. The number of benzene rings is 2. The first-order valence-electron chi connectivity index (χ1n) is 10.5. The van der Waals surface area contributed by atoms with Crippen molar-refractivity contribution in [1.82, 2.24) is 14.8 Å². The number of anilines is 1. The van der Waals surface area contributed by atoms with Gasteiger partial charge in [0, 0.05) is 42.8 Å². The normalized spacial score (nSPS) is 17.0. The Morgan fingerprint density at radius 2 is 2.09 bits per heavy atom. The highest BCUT2D eigenvalue weighted by atomic mass is 16.5. The maximum Gasteiger partial charge on any atom is 0.310 e. The number of para-hydroxylation sites is 1. The Balaban J connectivity index is 1.76. The van der Waals surface area contributed by atoms with E-state index >= 15 is 0 Å². The number of esters is 1. The van der Waals surface area contributed by atoms with E-state index in [0.717, 1.165) is 45.6 Å². The molecule has 3 aromatic rings. The van der Waals surface area contributed by atoms with E-state index in [-0.39, 0.29) is 18.4 Å². The van der Waals surface area contributed by atoms with E-state index in [9.17, 15) is 4.79 Å². The predicted molar refractivity (Wildman–Crippen MR) is 125 cm³/mol. The average molecular weight is 433 g/mol. The lowest BCUT2D eigenvalue weighted by Crippen LogP contribution is -2.30. The van der Waals surface area contributed by atoms with E-state index in [1.165, 1.54) is 7.11 Å². The number of ether oxygens (including phenoxy) is 1. The second-order valence-electron chi connectivity index (χ2n) is 7.85. The molecule has 1 unspecified atom stereocenters. The summed E-state index contributed by atoms with van der Waals surface area (Å²) < 4.78 is 6.65. The minimum Gasteiger partial charge on any atom is -0.469 e. The van der Waals surface area contributed by atoms with E-state index in [2.05, 4.69) is 28.6 Å². The lowest BCUT2D eigenvalue weighted by atomic mass is 9.93. The van der Waals surface area contributed by atoms with Crippen LogP contribution in [0, 0.1) is 0 Å². The number of hydrogen-bond acceptors (Lipinski definition) is 7. The Labute approximate surface area is 187 Å². The van der Waals surface area contributed by atoms with Crippen LogP contribution in [0.5, 0.6) is 0 Å². The molecule has 1 aliphatic heterocycles. The van der Waals surface area contributed by atoms with Gasteiger partial charge in [0.25, 0.3) is 0 Å². The lowest BCUT2D eigenvalue weighted by Gasteiger charge is -2.22. The summed E-state index contributed by atoms with van der Waals surface area (Å²) in [6.07, 6.45) is 6.34. The van der Waals surface area contributed by atoms with Gasteiger partial charge in [-0.1, -0.05) is 30.3 Å². The summed E-state index contributed by atoms with van der Waals surface area (Å²) >= 11 is 0. The number of carbonyl (C=O) groups is 1. The first kappa shape index (κ1) is 21.5. The Morgan fingerprint density at radius 3 is 2.81 bits per heavy atom. The number of nitrogens with zero attached hydrogens (tertiary/aromatic N) is 3. The fourth-order valence-electron chi connectivity index (χ4n) is 4.10. The van der Waals surface area contributed by atoms with Crippen molar-refractivity contribution in [2.45, 2.75) is 18.9 Å². The first-order valence-corrected chi connectivity index (χ1v) is 10.5. The maximum absolute atomic E-state index is 11.9. The van der Waals surface area contributed by atoms with Gasteiger partial charge in [0.15, 0.2) is 0 Å². The largest absolute Gasteiger partial charge is 0.469 e. The fourth-order valence-corrected chi connectivity index (χ4v) is 4.10. The molecule has 0 saturated heterocycles. The molecule has 0 aliphatic carbocycles. The summed E-state index contributed by atoms with van der Waals surface area (Å²) in [6.45, 7) is 0.622. The number of aryl methyl sites for hydroxylation is 1. The van der Waals surface area contributed by atoms with Crippen molar-refractivity contribution in [3.63, 3.8) is 0 Å². The Hall–Kier alpha value is -3.78. The van der Waals surface area contributed by atoms with Gasteiger partial charge < -0.3 is 20.8 Å². The van der Waals surface area contributed by atoms with Gasteiger partial charge in [0.05, 0.1) is 31.5 Å². The molecule has 0 saturated carbocycles. The van der Waals surface area contributed by atoms with Crippen LogP contribution in [0.15, 0.2) is 61.1 Å². The molecular formula is C24H28N6O2. The van der Waals surface area contributed by atoms with Crippen molar-refractivity contribution in [3.8, 4) is 11.1 Å². The zero-order chi connectivity index (χ0) is 22.7. The van der Waals surface area contributed by atoms with Crippen LogP contribution in [-0.2, 0) is 23.0 Å². The van der Waals surface area contributed by atoms with Crippen LogP contribution >= 0.6 is 0 Å². The summed E-state index contributed by atoms with van der Waals surface area (Å²) in [4.78, 5) is 11.9. The summed E-state index contributed by atoms with van der Waals surface area (Å²) in [5.41, 5.74) is 12.7. The molecule has 1 atom stereocenters. The van der Waals surface area contributed by atoms with Gasteiger partial charge in [0.1, 0.15) is 0 Å². The predicted octanol–water partition coefficient (Wildman–Crippen LogP) is 2.79. The average Bonchev–Trinajstić information content (AvgIpc) is 3.19. The molecule has 5 N–H and O–H groups in total. The van der Waals surface area contributed by atoms with E-state index in [4.69, 9.17) is 16.3 Å². The number of rotatable bonds is 5. The Morgan fingerprint density at radius 1 is 1.28 bits per heavy atom. The quantitative estimate of drug-likeness (QED) is 0.420. The van der Waals surface area contributed by atoms with Crippen molar-refractivity contribution in [1.29, 1.82) is 0 Å². The van der Waals surface area contributed by atoms with Gasteiger partial charge in [-0.25, -0.2) is 5.84 Å². The molecule has 0 fully saturated rings. The second-order valence-corrected chi connectivity index (χ2v) is 7.85. The van der Waals surface area contributed by atoms with Crippen LogP contribution in [0.4, 0.5) is 5.69 Å². The number of methoxy groups -OCH3 is 1. The molecule has 0 bridgehead atoms. The molecule has 0 radical (unpaired) electrons. The number of fused-ring (bicyclic) bond motifs is 1. The molecule has 8 heteroatoms. The van der Waals surface area contributed by atoms with Gasteiger partial charge >= 0.3 is 5.97 Å². The summed E-state index contributed by atoms with van der Waals surface area (Å²) in [7, 11) is 3.30. The van der Waals surface area contributed by atoms with Gasteiger partial charge in [0.2, 0.25) is 0 Å². The number of aromatic nitrogens is 2. The van der Waals surface area contributed by atoms with Crippen LogP contribution < -0.4 is 16.9 Å². The molecule has 8 nitrogen and oxygen atoms in total. The molecule has 1 aliphatic rings. The van der Waals surface area contributed by atoms with Crippen molar-refractivity contribution >= 4 is 17.4 Å². The van der Waals surface area contributed by atoms with Crippen LogP contribution in [-0.4, -0.2) is 34.4 Å². The third-order valence-electron chi connectivity index (χ3n) is 5.78. The summed E-state index contributed by atoms with van der Waals surface area (Å²) in [5.74, 6) is 6.03. The second kappa shape index (κ2) is 9.15. The smallest absolute Gasteiger partial charge is 0.310 e. The van der Waals surface area contributed by atoms with Crippen LogP contribution in [0.1, 0.15) is 29.2 Å². The van der Waals surface area contributed by atoms with Crippen molar-refractivity contribution in [2.24, 2.45) is 18.6 Å². The number of hydrazine groups is 1. The SMILES string of the molecule is COC(=O)Cc1ccccc1NC1CCN(N)/C(=C\N)c2ccc(-c3cnn(C)c3)cc21. The Bertz CT molecular complexity index is 1150. The van der Waals surface area contributed by atoms with E-state index < -0.39 is 0 Å². The van der Waals surface area contributed by atoms with Crippen LogP contribution in [0.25, 0.3) is 16.8 Å². The van der Waals surface area contributed by atoms with E-state index in [1.54, 1.807) is 15.9 Å². The molecule has 1 aromatic heterocycles. The molecule has 2 heterocycles. The molecule has 166 valence electrons. The standard InChI is InChI=1S/C24H28N6O2/c1-29-15-18(14-27-29)16-7-8-19-20(11-16)22(9-10-30(26)23(19)13-25)28-21-6-4-3-5-17(21)12-24(31)32-2/h3-8,11,13-15,22,28H,9-10,12,25-26H2,1-2H3/b23-13-. The molecule has 0 amide bonds. The maximum atomic E-state index is 11.9. The van der Waals surface area contributed by atoms with E-state index in [0.29, 0.717) is 6.54 Å². The number of nitrogens with one attached hydrogen (secondary N) is 1. The lowest BCUT2D eigenvalue weighted by molar-refractivity contribution is -0.139. The topological polar surface area (TPSA) is 111 Å². The monoisotopic (exact) mass is 432 g/mol.